The van der Waals surface area contributed by atoms with E-state index in [0.29, 0.717) is 12.8 Å². The first-order valence-corrected chi connectivity index (χ1v) is 8.40. The lowest BCUT2D eigenvalue weighted by molar-refractivity contribution is -0.126. The van der Waals surface area contributed by atoms with Gasteiger partial charge in [0.2, 0.25) is 0 Å². The monoisotopic (exact) mass is 336 g/mol. The van der Waals surface area contributed by atoms with Gasteiger partial charge >= 0.3 is 0 Å². The van der Waals surface area contributed by atoms with Gasteiger partial charge in [-0.3, -0.25) is 9.48 Å². The first-order valence-electron chi connectivity index (χ1n) is 8.40. The molecule has 2 aromatic heterocycles. The summed E-state index contributed by atoms with van der Waals surface area (Å²) in [6, 6.07) is 9.53. The summed E-state index contributed by atoms with van der Waals surface area (Å²) in [5, 5.41) is 10.7. The lowest BCUT2D eigenvalue weighted by Gasteiger charge is -2.36. The highest BCUT2D eigenvalue weighted by molar-refractivity contribution is 5.96. The van der Waals surface area contributed by atoms with E-state index in [9.17, 15) is 4.79 Å². The average molecular weight is 336 g/mol. The van der Waals surface area contributed by atoms with Crippen LogP contribution in [0.1, 0.15) is 12.8 Å². The van der Waals surface area contributed by atoms with Crippen LogP contribution in [0.4, 0.5) is 5.69 Å². The summed E-state index contributed by atoms with van der Waals surface area (Å²) >= 11 is 0. The van der Waals surface area contributed by atoms with E-state index in [1.54, 1.807) is 23.3 Å². The number of hydrogen-bond donors (Lipinski definition) is 3. The van der Waals surface area contributed by atoms with Crippen molar-refractivity contribution in [3.05, 3.63) is 55.1 Å². The molecule has 1 aliphatic heterocycles. The normalized spacial score (nSPS) is 16.5. The smallest absolute Gasteiger partial charge is 0.252 e. The van der Waals surface area contributed by atoms with Crippen LogP contribution >= 0.6 is 0 Å². The van der Waals surface area contributed by atoms with E-state index in [1.807, 2.05) is 36.5 Å². The first kappa shape index (κ1) is 15.6. The fourth-order valence-electron chi connectivity index (χ4n) is 3.30. The number of benzene rings is 1. The van der Waals surface area contributed by atoms with E-state index in [4.69, 9.17) is 0 Å². The van der Waals surface area contributed by atoms with Crippen LogP contribution in [0.25, 0.3) is 11.4 Å². The van der Waals surface area contributed by atoms with Gasteiger partial charge in [0, 0.05) is 36.0 Å². The molecular formula is C18H20N6O. The second-order valence-corrected chi connectivity index (χ2v) is 6.20. The van der Waals surface area contributed by atoms with Crippen molar-refractivity contribution < 1.29 is 4.79 Å². The Labute approximate surface area is 145 Å². The molecule has 1 aromatic carbocycles. The molecule has 3 heterocycles. The molecule has 0 atom stereocenters. The third kappa shape index (κ3) is 2.94. The topological polar surface area (TPSA) is 87.6 Å². The molecule has 7 heteroatoms. The van der Waals surface area contributed by atoms with Gasteiger partial charge in [0.1, 0.15) is 11.4 Å². The van der Waals surface area contributed by atoms with E-state index in [1.165, 1.54) is 0 Å². The number of nitrogens with one attached hydrogen (secondary N) is 3. The van der Waals surface area contributed by atoms with Crippen molar-refractivity contribution >= 4 is 11.6 Å². The second kappa shape index (κ2) is 6.52. The first-order chi connectivity index (χ1) is 12.3. The third-order valence-corrected chi connectivity index (χ3v) is 4.71. The lowest BCUT2D eigenvalue weighted by Crippen LogP contribution is -2.52. The number of H-pyrrole nitrogens is 1. The summed E-state index contributed by atoms with van der Waals surface area (Å²) in [6.07, 6.45) is 8.52. The Morgan fingerprint density at radius 3 is 2.60 bits per heavy atom. The number of nitrogens with zero attached hydrogens (tertiary/aromatic N) is 3. The van der Waals surface area contributed by atoms with Crippen molar-refractivity contribution in [2.75, 3.05) is 18.4 Å². The van der Waals surface area contributed by atoms with Gasteiger partial charge in [0.05, 0.1) is 0 Å². The SMILES string of the molecule is O=C(Nc1ccc(-c2ncc[nH]2)cc1)C1(n2cccn2)CCNCC1. The number of carbonyl (C=O) groups is 1. The van der Waals surface area contributed by atoms with Gasteiger partial charge in [-0.2, -0.15) is 5.10 Å². The minimum Gasteiger partial charge on any atom is -0.345 e. The number of hydrogen-bond acceptors (Lipinski definition) is 4. The van der Waals surface area contributed by atoms with Gasteiger partial charge in [0.15, 0.2) is 0 Å². The average Bonchev–Trinajstić information content (AvgIpc) is 3.37. The van der Waals surface area contributed by atoms with Crippen LogP contribution in [0, 0.1) is 0 Å². The van der Waals surface area contributed by atoms with E-state index in [0.717, 1.165) is 30.2 Å². The van der Waals surface area contributed by atoms with Crippen LogP contribution < -0.4 is 10.6 Å². The molecule has 3 N–H and O–H groups in total. The quantitative estimate of drug-likeness (QED) is 0.680. The Balaban J connectivity index is 1.55. The Hall–Kier alpha value is -2.93. The summed E-state index contributed by atoms with van der Waals surface area (Å²) in [5.74, 6) is 0.785. The van der Waals surface area contributed by atoms with Crippen molar-refractivity contribution in [2.24, 2.45) is 0 Å². The molecule has 25 heavy (non-hydrogen) atoms. The standard InChI is InChI=1S/C18H20N6O/c25-17(18(6-9-19-10-7-18)24-13-1-8-22-24)23-15-4-2-14(3-5-15)16-20-11-12-21-16/h1-5,8,11-13,19H,6-7,9-10H2,(H,20,21)(H,23,25). The fraction of sp³-hybridized carbons (Fsp3) is 0.278. The van der Waals surface area contributed by atoms with Gasteiger partial charge in [-0.15, -0.1) is 0 Å². The zero-order chi connectivity index (χ0) is 17.1. The molecule has 0 saturated carbocycles. The third-order valence-electron chi connectivity index (χ3n) is 4.71. The van der Waals surface area contributed by atoms with Crippen molar-refractivity contribution in [2.45, 2.75) is 18.4 Å². The maximum absolute atomic E-state index is 13.1. The maximum Gasteiger partial charge on any atom is 0.252 e. The minimum absolute atomic E-state index is 0.0246. The molecule has 0 radical (unpaired) electrons. The molecule has 1 saturated heterocycles. The molecule has 1 fully saturated rings. The van der Waals surface area contributed by atoms with Crippen LogP contribution in [0.3, 0.4) is 0 Å². The van der Waals surface area contributed by atoms with Crippen LogP contribution in [0.2, 0.25) is 0 Å². The van der Waals surface area contributed by atoms with E-state index in [-0.39, 0.29) is 5.91 Å². The molecule has 1 amide bonds. The maximum atomic E-state index is 13.1. The molecule has 0 aliphatic carbocycles. The highest BCUT2D eigenvalue weighted by atomic mass is 16.2. The lowest BCUT2D eigenvalue weighted by atomic mass is 9.87. The number of aromatic amines is 1. The fourth-order valence-corrected chi connectivity index (χ4v) is 3.30. The zero-order valence-electron chi connectivity index (χ0n) is 13.8. The number of aromatic nitrogens is 4. The number of carbonyl (C=O) groups excluding carboxylic acids is 1. The van der Waals surface area contributed by atoms with Crippen LogP contribution in [0.15, 0.2) is 55.1 Å². The van der Waals surface area contributed by atoms with E-state index < -0.39 is 5.54 Å². The van der Waals surface area contributed by atoms with Gasteiger partial charge in [-0.05, 0) is 56.3 Å². The Morgan fingerprint density at radius 1 is 1.16 bits per heavy atom. The Morgan fingerprint density at radius 2 is 1.96 bits per heavy atom. The van der Waals surface area contributed by atoms with Gasteiger partial charge < -0.3 is 15.6 Å². The Bertz CT molecular complexity index is 817. The van der Waals surface area contributed by atoms with E-state index in [2.05, 4.69) is 25.7 Å². The van der Waals surface area contributed by atoms with Crippen LogP contribution in [-0.4, -0.2) is 38.7 Å². The molecule has 0 spiro atoms. The van der Waals surface area contributed by atoms with Crippen LogP contribution in [-0.2, 0) is 10.3 Å². The molecular weight excluding hydrogens is 316 g/mol. The van der Waals surface area contributed by atoms with Crippen molar-refractivity contribution in [1.29, 1.82) is 0 Å². The van der Waals surface area contributed by atoms with Gasteiger partial charge in [0.25, 0.3) is 5.91 Å². The van der Waals surface area contributed by atoms with Crippen molar-refractivity contribution in [3.63, 3.8) is 0 Å². The van der Waals surface area contributed by atoms with Gasteiger partial charge in [-0.1, -0.05) is 0 Å². The summed E-state index contributed by atoms with van der Waals surface area (Å²) in [7, 11) is 0. The summed E-state index contributed by atoms with van der Waals surface area (Å²) in [6.45, 7) is 1.59. The highest BCUT2D eigenvalue weighted by Gasteiger charge is 2.42. The summed E-state index contributed by atoms with van der Waals surface area (Å²) < 4.78 is 1.79. The second-order valence-electron chi connectivity index (χ2n) is 6.20. The number of anilines is 1. The molecule has 0 bridgehead atoms. The van der Waals surface area contributed by atoms with Crippen molar-refractivity contribution in [1.82, 2.24) is 25.1 Å². The van der Waals surface area contributed by atoms with Crippen molar-refractivity contribution in [3.8, 4) is 11.4 Å². The van der Waals surface area contributed by atoms with Gasteiger partial charge in [-0.25, -0.2) is 4.98 Å². The number of imidazole rings is 1. The van der Waals surface area contributed by atoms with Crippen LogP contribution in [0.5, 0.6) is 0 Å². The number of piperidine rings is 1. The molecule has 4 rings (SSSR count). The molecule has 0 unspecified atom stereocenters. The van der Waals surface area contributed by atoms with E-state index >= 15 is 0 Å². The number of amides is 1. The molecule has 7 nitrogen and oxygen atoms in total. The predicted molar refractivity (Wildman–Crippen MR) is 95.0 cm³/mol. The summed E-state index contributed by atoms with van der Waals surface area (Å²) in [4.78, 5) is 20.4. The highest BCUT2D eigenvalue weighted by Crippen LogP contribution is 2.29. The largest absolute Gasteiger partial charge is 0.345 e. The summed E-state index contributed by atoms with van der Waals surface area (Å²) in [5.41, 5.74) is 1.10. The Kier molecular flexibility index (Phi) is 4.07. The number of rotatable bonds is 4. The minimum atomic E-state index is -0.644. The molecule has 3 aromatic rings. The predicted octanol–water partition coefficient (Wildman–Crippen LogP) is 1.99. The zero-order valence-corrected chi connectivity index (χ0v) is 13.8. The molecule has 1 aliphatic rings. The molecule has 128 valence electrons.